The maximum atomic E-state index is 11.9. The van der Waals surface area contributed by atoms with E-state index in [4.69, 9.17) is 18.6 Å². The molecule has 0 aliphatic carbocycles. The molecule has 1 atom stereocenters. The largest absolute Gasteiger partial charge is 0.497 e. The van der Waals surface area contributed by atoms with Gasteiger partial charge in [0, 0.05) is 12.6 Å². The summed E-state index contributed by atoms with van der Waals surface area (Å²) < 4.78 is 21.4. The number of likely N-dealkylation sites (tertiary alicyclic amines) is 1. The summed E-state index contributed by atoms with van der Waals surface area (Å²) >= 11 is 0. The first-order valence-electron chi connectivity index (χ1n) is 8.58. The van der Waals surface area contributed by atoms with Crippen LogP contribution in [0.5, 0.6) is 11.5 Å². The van der Waals surface area contributed by atoms with Gasteiger partial charge in [0.25, 0.3) is 0 Å². The van der Waals surface area contributed by atoms with Crippen molar-refractivity contribution in [2.45, 2.75) is 32.4 Å². The van der Waals surface area contributed by atoms with E-state index in [1.165, 1.54) is 7.11 Å². The van der Waals surface area contributed by atoms with Gasteiger partial charge < -0.3 is 18.6 Å². The number of carbonyl (C=O) groups is 1. The van der Waals surface area contributed by atoms with Gasteiger partial charge in [0.15, 0.2) is 0 Å². The summed E-state index contributed by atoms with van der Waals surface area (Å²) in [5.74, 6) is 2.36. The van der Waals surface area contributed by atoms with Gasteiger partial charge in [-0.1, -0.05) is 0 Å². The molecule has 7 heteroatoms. The third-order valence-electron chi connectivity index (χ3n) is 4.72. The van der Waals surface area contributed by atoms with Gasteiger partial charge in [-0.2, -0.15) is 0 Å². The van der Waals surface area contributed by atoms with E-state index in [1.54, 1.807) is 20.3 Å². The van der Waals surface area contributed by atoms with Crippen LogP contribution in [0.15, 0.2) is 22.6 Å². The molecule has 2 heterocycles. The van der Waals surface area contributed by atoms with E-state index in [-0.39, 0.29) is 12.0 Å². The van der Waals surface area contributed by atoms with Crippen LogP contribution >= 0.6 is 0 Å². The molecule has 0 radical (unpaired) electrons. The summed E-state index contributed by atoms with van der Waals surface area (Å²) in [4.78, 5) is 18.7. The maximum Gasteiger partial charge on any atom is 0.323 e. The second kappa shape index (κ2) is 7.78. The number of rotatable bonds is 6. The molecule has 0 bridgehead atoms. The number of hydrogen-bond donors (Lipinski definition) is 0. The summed E-state index contributed by atoms with van der Waals surface area (Å²) in [5, 5.41) is 0. The zero-order valence-corrected chi connectivity index (χ0v) is 15.6. The molecular formula is C19H24N2O5. The Kier molecular flexibility index (Phi) is 5.46. The monoisotopic (exact) mass is 360 g/mol. The van der Waals surface area contributed by atoms with Crippen LogP contribution in [0.4, 0.5) is 0 Å². The number of oxazole rings is 1. The quantitative estimate of drug-likeness (QED) is 0.733. The molecule has 0 N–H and O–H groups in total. The zero-order chi connectivity index (χ0) is 18.7. The number of methoxy groups -OCH3 is 3. The molecule has 2 aromatic rings. The van der Waals surface area contributed by atoms with E-state index in [9.17, 15) is 4.79 Å². The number of nitrogens with zero attached hydrogens (tertiary/aromatic N) is 2. The van der Waals surface area contributed by atoms with Crippen molar-refractivity contribution in [3.05, 3.63) is 29.7 Å². The Morgan fingerprint density at radius 2 is 2.12 bits per heavy atom. The first kappa shape index (κ1) is 18.3. The Balaban J connectivity index is 1.85. The Morgan fingerprint density at radius 3 is 2.81 bits per heavy atom. The van der Waals surface area contributed by atoms with Crippen molar-refractivity contribution < 1.29 is 23.4 Å². The number of carbonyl (C=O) groups excluding carboxylic acids is 1. The lowest BCUT2D eigenvalue weighted by atomic mass is 10.2. The Bertz CT molecular complexity index is 786. The van der Waals surface area contributed by atoms with Crippen LogP contribution in [-0.2, 0) is 16.1 Å². The molecule has 0 saturated carbocycles. The van der Waals surface area contributed by atoms with Crippen LogP contribution in [0.25, 0.3) is 11.5 Å². The first-order chi connectivity index (χ1) is 12.6. The van der Waals surface area contributed by atoms with Gasteiger partial charge >= 0.3 is 5.97 Å². The fourth-order valence-electron chi connectivity index (χ4n) is 3.28. The summed E-state index contributed by atoms with van der Waals surface area (Å²) in [6.07, 6.45) is 1.78. The predicted octanol–water partition coefficient (Wildman–Crippen LogP) is 2.80. The van der Waals surface area contributed by atoms with Crippen molar-refractivity contribution in [2.24, 2.45) is 0 Å². The topological polar surface area (TPSA) is 74.0 Å². The molecule has 0 unspecified atom stereocenters. The molecule has 7 nitrogen and oxygen atoms in total. The van der Waals surface area contributed by atoms with Crippen LogP contribution < -0.4 is 9.47 Å². The SMILES string of the molecule is COC(=O)[C@@H]1CCCN1Cc1nc(-c2ccc(OC)cc2OC)oc1C. The van der Waals surface area contributed by atoms with Gasteiger partial charge in [-0.15, -0.1) is 0 Å². The summed E-state index contributed by atoms with van der Waals surface area (Å²) in [6, 6.07) is 5.28. The lowest BCUT2D eigenvalue weighted by molar-refractivity contribution is -0.146. The smallest absolute Gasteiger partial charge is 0.323 e. The highest BCUT2D eigenvalue weighted by atomic mass is 16.5. The van der Waals surface area contributed by atoms with Crippen LogP contribution in [0, 0.1) is 6.92 Å². The van der Waals surface area contributed by atoms with E-state index in [0.29, 0.717) is 23.9 Å². The number of aromatic nitrogens is 1. The minimum Gasteiger partial charge on any atom is -0.497 e. The van der Waals surface area contributed by atoms with E-state index in [2.05, 4.69) is 9.88 Å². The van der Waals surface area contributed by atoms with E-state index >= 15 is 0 Å². The average molecular weight is 360 g/mol. The molecule has 0 amide bonds. The van der Waals surface area contributed by atoms with Crippen molar-refractivity contribution in [1.82, 2.24) is 9.88 Å². The van der Waals surface area contributed by atoms with Gasteiger partial charge in [-0.05, 0) is 38.4 Å². The van der Waals surface area contributed by atoms with E-state index in [1.807, 2.05) is 19.1 Å². The molecule has 1 fully saturated rings. The van der Waals surface area contributed by atoms with Gasteiger partial charge in [-0.25, -0.2) is 4.98 Å². The third-order valence-corrected chi connectivity index (χ3v) is 4.72. The average Bonchev–Trinajstić information content (AvgIpc) is 3.27. The molecule has 1 aliphatic rings. The van der Waals surface area contributed by atoms with Crippen molar-refractivity contribution in [2.75, 3.05) is 27.9 Å². The minimum absolute atomic E-state index is 0.194. The molecule has 1 aliphatic heterocycles. The highest BCUT2D eigenvalue weighted by Gasteiger charge is 2.32. The highest BCUT2D eigenvalue weighted by Crippen LogP contribution is 2.34. The molecule has 0 spiro atoms. The second-order valence-electron chi connectivity index (χ2n) is 6.24. The maximum absolute atomic E-state index is 11.9. The molecule has 1 aromatic heterocycles. The lowest BCUT2D eigenvalue weighted by Crippen LogP contribution is -2.36. The van der Waals surface area contributed by atoms with Crippen LogP contribution in [0.2, 0.25) is 0 Å². The number of esters is 1. The Morgan fingerprint density at radius 1 is 1.31 bits per heavy atom. The number of hydrogen-bond acceptors (Lipinski definition) is 7. The zero-order valence-electron chi connectivity index (χ0n) is 15.6. The molecule has 140 valence electrons. The number of benzene rings is 1. The Hall–Kier alpha value is -2.54. The van der Waals surface area contributed by atoms with Crippen molar-refractivity contribution >= 4 is 5.97 Å². The van der Waals surface area contributed by atoms with Crippen molar-refractivity contribution in [3.63, 3.8) is 0 Å². The van der Waals surface area contributed by atoms with E-state index in [0.717, 1.165) is 36.4 Å². The fraction of sp³-hybridized carbons (Fsp3) is 0.474. The van der Waals surface area contributed by atoms with Gasteiger partial charge in [0.05, 0.1) is 32.6 Å². The first-order valence-corrected chi connectivity index (χ1v) is 8.58. The lowest BCUT2D eigenvalue weighted by Gasteiger charge is -2.21. The fourth-order valence-corrected chi connectivity index (χ4v) is 3.28. The molecule has 3 rings (SSSR count). The minimum atomic E-state index is -0.213. The van der Waals surface area contributed by atoms with Gasteiger partial charge in [0.1, 0.15) is 23.3 Å². The highest BCUT2D eigenvalue weighted by molar-refractivity contribution is 5.76. The number of aryl methyl sites for hydroxylation is 1. The summed E-state index contributed by atoms with van der Waals surface area (Å²) in [7, 11) is 4.63. The van der Waals surface area contributed by atoms with Gasteiger partial charge in [-0.3, -0.25) is 9.69 Å². The molecular weight excluding hydrogens is 336 g/mol. The van der Waals surface area contributed by atoms with Crippen molar-refractivity contribution in [3.8, 4) is 23.0 Å². The van der Waals surface area contributed by atoms with Crippen LogP contribution in [0.3, 0.4) is 0 Å². The van der Waals surface area contributed by atoms with E-state index < -0.39 is 0 Å². The number of ether oxygens (including phenoxy) is 3. The normalized spacial score (nSPS) is 17.3. The molecule has 1 saturated heterocycles. The molecule has 26 heavy (non-hydrogen) atoms. The summed E-state index contributed by atoms with van der Waals surface area (Å²) in [6.45, 7) is 3.27. The van der Waals surface area contributed by atoms with Gasteiger partial charge in [0.2, 0.25) is 5.89 Å². The predicted molar refractivity (Wildman–Crippen MR) is 95.2 cm³/mol. The van der Waals surface area contributed by atoms with Crippen molar-refractivity contribution in [1.29, 1.82) is 0 Å². The standard InChI is InChI=1S/C19H24N2O5/c1-12-15(11-21-9-5-6-16(21)19(22)25-4)20-18(26-12)14-8-7-13(23-2)10-17(14)24-3/h7-8,10,16H,5-6,9,11H2,1-4H3/t16-/m0/s1. The van der Waals surface area contributed by atoms with Crippen LogP contribution in [-0.4, -0.2) is 49.8 Å². The van der Waals surface area contributed by atoms with Crippen LogP contribution in [0.1, 0.15) is 24.3 Å². The second-order valence-corrected chi connectivity index (χ2v) is 6.24. The Labute approximate surface area is 152 Å². The third kappa shape index (κ3) is 3.53. The summed E-state index contributed by atoms with van der Waals surface area (Å²) in [5.41, 5.74) is 1.57. The molecule has 1 aromatic carbocycles.